The van der Waals surface area contributed by atoms with Crippen LogP contribution in [-0.4, -0.2) is 36.0 Å². The molecule has 136 valence electrons. The molecule has 0 radical (unpaired) electrons. The van der Waals surface area contributed by atoms with Crippen molar-refractivity contribution < 1.29 is 23.9 Å². The van der Waals surface area contributed by atoms with Gasteiger partial charge in [0.25, 0.3) is 5.91 Å². The van der Waals surface area contributed by atoms with Gasteiger partial charge >= 0.3 is 12.0 Å². The van der Waals surface area contributed by atoms with Crippen LogP contribution in [0.5, 0.6) is 0 Å². The molecule has 0 spiro atoms. The van der Waals surface area contributed by atoms with Crippen molar-refractivity contribution in [3.63, 3.8) is 0 Å². The van der Waals surface area contributed by atoms with E-state index in [1.54, 1.807) is 26.0 Å². The Balaban J connectivity index is 2.65. The molecule has 0 bridgehead atoms. The van der Waals surface area contributed by atoms with Crippen molar-refractivity contribution in [1.82, 2.24) is 10.6 Å². The van der Waals surface area contributed by atoms with Gasteiger partial charge in [0.15, 0.2) is 6.10 Å². The molecule has 8 nitrogen and oxygen atoms in total. The smallest absolute Gasteiger partial charge is 0.329 e. The molecule has 0 fully saturated rings. The molecule has 25 heavy (non-hydrogen) atoms. The summed E-state index contributed by atoms with van der Waals surface area (Å²) in [6.07, 6.45) is -1.10. The third-order valence-electron chi connectivity index (χ3n) is 3.35. The molecule has 0 saturated heterocycles. The van der Waals surface area contributed by atoms with Gasteiger partial charge in [-0.3, -0.25) is 14.9 Å². The van der Waals surface area contributed by atoms with Crippen molar-refractivity contribution in [3.05, 3.63) is 35.9 Å². The number of hydrogen-bond donors (Lipinski definition) is 3. The van der Waals surface area contributed by atoms with E-state index in [2.05, 4.69) is 5.32 Å². The van der Waals surface area contributed by atoms with Gasteiger partial charge in [0.05, 0.1) is 6.42 Å². The van der Waals surface area contributed by atoms with Crippen molar-refractivity contribution in [2.24, 2.45) is 11.7 Å². The summed E-state index contributed by atoms with van der Waals surface area (Å²) >= 11 is 0. The van der Waals surface area contributed by atoms with E-state index in [1.165, 1.54) is 6.92 Å². The second-order valence-electron chi connectivity index (χ2n) is 5.88. The van der Waals surface area contributed by atoms with Crippen molar-refractivity contribution >= 4 is 23.8 Å². The van der Waals surface area contributed by atoms with Crippen LogP contribution in [0, 0.1) is 5.92 Å². The summed E-state index contributed by atoms with van der Waals surface area (Å²) < 4.78 is 5.01. The summed E-state index contributed by atoms with van der Waals surface area (Å²) in [7, 11) is 0. The highest BCUT2D eigenvalue weighted by molar-refractivity contribution is 5.96. The standard InChI is InChI=1S/C17H23N3O5/c1-10(2)14(16(23)25-11(3)15(22)20-17(18)24)19-13(21)9-12-7-5-4-6-8-12/h4-8,10-11,14H,9H2,1-3H3,(H,19,21)(H3,18,20,22,24)/t11-,14+/m1/s1. The summed E-state index contributed by atoms with van der Waals surface area (Å²) in [5, 5.41) is 4.44. The Hall–Kier alpha value is -2.90. The quantitative estimate of drug-likeness (QED) is 0.618. The van der Waals surface area contributed by atoms with Crippen LogP contribution in [-0.2, 0) is 25.5 Å². The van der Waals surface area contributed by atoms with E-state index in [0.717, 1.165) is 5.56 Å². The van der Waals surface area contributed by atoms with Crippen LogP contribution >= 0.6 is 0 Å². The van der Waals surface area contributed by atoms with E-state index in [0.29, 0.717) is 0 Å². The molecule has 2 atom stereocenters. The second kappa shape index (κ2) is 9.41. The number of esters is 1. The number of urea groups is 1. The predicted molar refractivity (Wildman–Crippen MR) is 90.2 cm³/mol. The van der Waals surface area contributed by atoms with Crippen LogP contribution < -0.4 is 16.4 Å². The van der Waals surface area contributed by atoms with Crippen molar-refractivity contribution in [3.8, 4) is 0 Å². The summed E-state index contributed by atoms with van der Waals surface area (Å²) in [6, 6.07) is 7.13. The Morgan fingerprint density at radius 1 is 1.08 bits per heavy atom. The molecule has 0 aromatic heterocycles. The average molecular weight is 349 g/mol. The normalized spacial score (nSPS) is 12.8. The first-order valence-electron chi connectivity index (χ1n) is 7.84. The zero-order chi connectivity index (χ0) is 19.0. The van der Waals surface area contributed by atoms with Crippen LogP contribution in [0.2, 0.25) is 0 Å². The first kappa shape index (κ1) is 20.1. The van der Waals surface area contributed by atoms with Gasteiger partial charge in [0, 0.05) is 0 Å². The topological polar surface area (TPSA) is 128 Å². The molecule has 0 aliphatic carbocycles. The number of rotatable bonds is 7. The van der Waals surface area contributed by atoms with Crippen LogP contribution in [0.25, 0.3) is 0 Å². The molecule has 1 aromatic rings. The van der Waals surface area contributed by atoms with Crippen molar-refractivity contribution in [2.45, 2.75) is 39.3 Å². The van der Waals surface area contributed by atoms with Gasteiger partial charge in [-0.05, 0) is 18.4 Å². The largest absolute Gasteiger partial charge is 0.451 e. The lowest BCUT2D eigenvalue weighted by Crippen LogP contribution is -2.49. The molecule has 8 heteroatoms. The van der Waals surface area contributed by atoms with Crippen LogP contribution in [0.3, 0.4) is 0 Å². The van der Waals surface area contributed by atoms with Gasteiger partial charge in [0.2, 0.25) is 5.91 Å². The highest BCUT2D eigenvalue weighted by Gasteiger charge is 2.29. The van der Waals surface area contributed by atoms with Gasteiger partial charge in [-0.2, -0.15) is 0 Å². The number of carbonyl (C=O) groups is 4. The molecule has 0 unspecified atom stereocenters. The minimum atomic E-state index is -1.22. The lowest BCUT2D eigenvalue weighted by atomic mass is 10.0. The monoisotopic (exact) mass is 349 g/mol. The third-order valence-corrected chi connectivity index (χ3v) is 3.35. The zero-order valence-electron chi connectivity index (χ0n) is 14.4. The lowest BCUT2D eigenvalue weighted by Gasteiger charge is -2.22. The molecule has 0 aliphatic heterocycles. The number of carbonyl (C=O) groups excluding carboxylic acids is 4. The molecule has 0 aliphatic rings. The Kier molecular flexibility index (Phi) is 7.58. The summed E-state index contributed by atoms with van der Waals surface area (Å²) in [6.45, 7) is 4.78. The molecule has 0 heterocycles. The predicted octanol–water partition coefficient (Wildman–Crippen LogP) is 0.497. The number of nitrogens with two attached hydrogens (primary N) is 1. The van der Waals surface area contributed by atoms with E-state index in [9.17, 15) is 19.2 Å². The maximum atomic E-state index is 12.2. The first-order chi connectivity index (χ1) is 11.7. The van der Waals surface area contributed by atoms with Crippen LogP contribution in [0.4, 0.5) is 4.79 Å². The maximum absolute atomic E-state index is 12.2. The maximum Gasteiger partial charge on any atom is 0.329 e. The number of nitrogens with one attached hydrogen (secondary N) is 2. The highest BCUT2D eigenvalue weighted by Crippen LogP contribution is 2.08. The summed E-state index contributed by atoms with van der Waals surface area (Å²) in [5.41, 5.74) is 5.65. The zero-order valence-corrected chi connectivity index (χ0v) is 14.4. The van der Waals surface area contributed by atoms with Gasteiger partial charge in [-0.25, -0.2) is 9.59 Å². The van der Waals surface area contributed by atoms with Crippen LogP contribution in [0.15, 0.2) is 30.3 Å². The van der Waals surface area contributed by atoms with E-state index in [-0.39, 0.29) is 18.2 Å². The van der Waals surface area contributed by atoms with E-state index >= 15 is 0 Å². The molecular weight excluding hydrogens is 326 g/mol. The highest BCUT2D eigenvalue weighted by atomic mass is 16.5. The number of imide groups is 1. The number of ether oxygens (including phenoxy) is 1. The Morgan fingerprint density at radius 3 is 2.20 bits per heavy atom. The van der Waals surface area contributed by atoms with Gasteiger partial charge < -0.3 is 15.8 Å². The number of amides is 4. The lowest BCUT2D eigenvalue weighted by molar-refractivity contribution is -0.158. The molecule has 4 N–H and O–H groups in total. The van der Waals surface area contributed by atoms with Crippen LogP contribution in [0.1, 0.15) is 26.3 Å². The Morgan fingerprint density at radius 2 is 1.68 bits per heavy atom. The molecular formula is C17H23N3O5. The molecule has 0 saturated carbocycles. The first-order valence-corrected chi connectivity index (χ1v) is 7.84. The van der Waals surface area contributed by atoms with E-state index in [1.807, 2.05) is 23.5 Å². The SMILES string of the molecule is CC(C)[C@H](NC(=O)Cc1ccccc1)C(=O)O[C@H](C)C(=O)NC(N)=O. The minimum Gasteiger partial charge on any atom is -0.451 e. The Bertz CT molecular complexity index is 630. The van der Waals surface area contributed by atoms with E-state index in [4.69, 9.17) is 10.5 Å². The molecule has 1 aromatic carbocycles. The number of hydrogen-bond acceptors (Lipinski definition) is 5. The van der Waals surface area contributed by atoms with Crippen molar-refractivity contribution in [2.75, 3.05) is 0 Å². The average Bonchev–Trinajstić information content (AvgIpc) is 2.52. The van der Waals surface area contributed by atoms with Crippen molar-refractivity contribution in [1.29, 1.82) is 0 Å². The van der Waals surface area contributed by atoms with Gasteiger partial charge in [-0.15, -0.1) is 0 Å². The fourth-order valence-corrected chi connectivity index (χ4v) is 2.03. The summed E-state index contributed by atoms with van der Waals surface area (Å²) in [4.78, 5) is 46.6. The summed E-state index contributed by atoms with van der Waals surface area (Å²) in [5.74, 6) is -2.18. The molecule has 1 rings (SSSR count). The fourth-order valence-electron chi connectivity index (χ4n) is 2.03. The van der Waals surface area contributed by atoms with E-state index < -0.39 is 30.1 Å². The fraction of sp³-hybridized carbons (Fsp3) is 0.412. The molecule has 4 amide bonds. The minimum absolute atomic E-state index is 0.120. The number of primary amides is 1. The number of benzene rings is 1. The van der Waals surface area contributed by atoms with Gasteiger partial charge in [0.1, 0.15) is 6.04 Å². The second-order valence-corrected chi connectivity index (χ2v) is 5.88. The Labute approximate surface area is 146 Å². The third kappa shape index (κ3) is 7.03. The van der Waals surface area contributed by atoms with Gasteiger partial charge in [-0.1, -0.05) is 44.2 Å².